The van der Waals surface area contributed by atoms with Gasteiger partial charge in [0.2, 0.25) is 0 Å². The molecule has 1 atom stereocenters. The zero-order valence-electron chi connectivity index (χ0n) is 17.3. The number of carbonyl (C=O) groups excluding carboxylic acids is 1. The predicted octanol–water partition coefficient (Wildman–Crippen LogP) is 2.58. The van der Waals surface area contributed by atoms with Gasteiger partial charge in [-0.15, -0.1) is 10.2 Å². The Bertz CT molecular complexity index is 1070. The summed E-state index contributed by atoms with van der Waals surface area (Å²) in [6, 6.07) is -0.0643. The van der Waals surface area contributed by atoms with Gasteiger partial charge in [-0.1, -0.05) is 20.8 Å². The lowest BCUT2D eigenvalue weighted by Crippen LogP contribution is -2.50. The normalized spacial score (nSPS) is 20.9. The average molecular weight is 413 g/mol. The van der Waals surface area contributed by atoms with Gasteiger partial charge in [0, 0.05) is 18.3 Å². The van der Waals surface area contributed by atoms with Crippen molar-refractivity contribution in [2.24, 2.45) is 11.3 Å². The fraction of sp³-hybridized carbons (Fsp3) is 0.550. The molecule has 0 bridgehead atoms. The first-order valence-electron chi connectivity index (χ1n) is 10.2. The van der Waals surface area contributed by atoms with Gasteiger partial charge in [-0.05, 0) is 37.0 Å². The van der Waals surface area contributed by atoms with Gasteiger partial charge < -0.3 is 20.7 Å². The number of aromatic amines is 1. The van der Waals surface area contributed by atoms with Crippen LogP contribution in [0.1, 0.15) is 56.8 Å². The second-order valence-corrected chi connectivity index (χ2v) is 9.10. The molecule has 4 N–H and O–H groups in total. The van der Waals surface area contributed by atoms with E-state index in [0.717, 1.165) is 25.7 Å². The number of nitrogens with zero attached hydrogens (tertiary/aromatic N) is 4. The Balaban J connectivity index is 1.44. The van der Waals surface area contributed by atoms with Crippen LogP contribution in [0.15, 0.2) is 18.7 Å². The molecule has 1 saturated carbocycles. The van der Waals surface area contributed by atoms with Crippen molar-refractivity contribution in [1.82, 2.24) is 35.2 Å². The molecule has 160 valence electrons. The summed E-state index contributed by atoms with van der Waals surface area (Å²) in [4.78, 5) is 31.5. The lowest BCUT2D eigenvalue weighted by atomic mass is 9.72. The zero-order valence-corrected chi connectivity index (χ0v) is 17.3. The summed E-state index contributed by atoms with van der Waals surface area (Å²) in [5, 5.41) is 22.9. The molecular formula is C20H27N7O3. The van der Waals surface area contributed by atoms with Crippen molar-refractivity contribution in [1.29, 1.82) is 0 Å². The van der Waals surface area contributed by atoms with Crippen LogP contribution in [-0.4, -0.2) is 53.8 Å². The molecule has 2 amide bonds. The third-order valence-corrected chi connectivity index (χ3v) is 5.99. The van der Waals surface area contributed by atoms with Crippen LogP contribution >= 0.6 is 0 Å². The standard InChI is InChI=1S/C20H27N7O3/c1-20(2,3)16(25-19(29)30)11-4-6-12(7-5-11)24-18(28)13-8-21-17-15(13)27-10-23-26-14(27)9-22-17/h8-12,16,21,25H,4-7H2,1-3H3,(H,24,28)(H,29,30)/t11-,12-,16?. The molecule has 30 heavy (non-hydrogen) atoms. The number of hydrogen-bond acceptors (Lipinski definition) is 5. The monoisotopic (exact) mass is 413 g/mol. The fourth-order valence-electron chi connectivity index (χ4n) is 4.58. The summed E-state index contributed by atoms with van der Waals surface area (Å²) in [6.07, 6.45) is 7.18. The van der Waals surface area contributed by atoms with Crippen molar-refractivity contribution in [2.75, 3.05) is 0 Å². The largest absolute Gasteiger partial charge is 0.465 e. The van der Waals surface area contributed by atoms with E-state index in [1.807, 2.05) is 0 Å². The van der Waals surface area contributed by atoms with Gasteiger partial charge in [0.25, 0.3) is 5.91 Å². The molecule has 3 aromatic heterocycles. The molecule has 4 rings (SSSR count). The van der Waals surface area contributed by atoms with Crippen LogP contribution in [0.3, 0.4) is 0 Å². The van der Waals surface area contributed by atoms with E-state index < -0.39 is 6.09 Å². The molecule has 0 aromatic carbocycles. The third kappa shape index (κ3) is 3.81. The molecule has 0 spiro atoms. The zero-order chi connectivity index (χ0) is 21.5. The predicted molar refractivity (Wildman–Crippen MR) is 110 cm³/mol. The molecule has 1 fully saturated rings. The summed E-state index contributed by atoms with van der Waals surface area (Å²) in [6.45, 7) is 6.16. The first-order valence-corrected chi connectivity index (χ1v) is 10.2. The molecule has 1 unspecified atom stereocenters. The number of H-pyrrole nitrogens is 1. The number of carbonyl (C=O) groups is 2. The lowest BCUT2D eigenvalue weighted by Gasteiger charge is -2.40. The number of amides is 2. The van der Waals surface area contributed by atoms with Crippen LogP contribution in [0.25, 0.3) is 16.8 Å². The minimum Gasteiger partial charge on any atom is -0.465 e. The molecule has 10 nitrogen and oxygen atoms in total. The minimum atomic E-state index is -0.987. The van der Waals surface area contributed by atoms with E-state index in [1.54, 1.807) is 23.1 Å². The maximum absolute atomic E-state index is 13.0. The van der Waals surface area contributed by atoms with E-state index in [4.69, 9.17) is 0 Å². The highest BCUT2D eigenvalue weighted by atomic mass is 16.4. The SMILES string of the molecule is CC(C)(C)C(NC(=O)O)[C@H]1CC[C@H](NC(=O)c2c[nH]c3ncc4nncn4c23)CC1. The molecular weight excluding hydrogens is 386 g/mol. The van der Waals surface area contributed by atoms with E-state index in [1.165, 1.54) is 0 Å². The Labute approximate surface area is 173 Å². The summed E-state index contributed by atoms with van der Waals surface area (Å²) < 4.78 is 1.75. The number of nitrogens with one attached hydrogen (secondary N) is 3. The van der Waals surface area contributed by atoms with E-state index >= 15 is 0 Å². The molecule has 0 aliphatic heterocycles. The van der Waals surface area contributed by atoms with Crippen molar-refractivity contribution >= 4 is 28.8 Å². The molecule has 1 aliphatic rings. The number of hydrogen-bond donors (Lipinski definition) is 4. The summed E-state index contributed by atoms with van der Waals surface area (Å²) >= 11 is 0. The van der Waals surface area contributed by atoms with Crippen molar-refractivity contribution in [3.63, 3.8) is 0 Å². The Morgan fingerprint density at radius 2 is 2.00 bits per heavy atom. The Morgan fingerprint density at radius 1 is 1.27 bits per heavy atom. The topological polar surface area (TPSA) is 137 Å². The number of aromatic nitrogens is 5. The van der Waals surface area contributed by atoms with E-state index in [-0.39, 0.29) is 29.3 Å². The second-order valence-electron chi connectivity index (χ2n) is 9.10. The van der Waals surface area contributed by atoms with E-state index in [2.05, 4.69) is 51.6 Å². The highest BCUT2D eigenvalue weighted by Crippen LogP contribution is 2.35. The molecule has 3 aromatic rings. The van der Waals surface area contributed by atoms with Gasteiger partial charge in [-0.2, -0.15) is 0 Å². The van der Waals surface area contributed by atoms with E-state index in [9.17, 15) is 14.7 Å². The summed E-state index contributed by atoms with van der Waals surface area (Å²) in [7, 11) is 0. The van der Waals surface area contributed by atoms with Gasteiger partial charge in [0.15, 0.2) is 11.3 Å². The maximum Gasteiger partial charge on any atom is 0.404 e. The first kappa shape index (κ1) is 20.1. The van der Waals surface area contributed by atoms with Crippen LogP contribution in [0, 0.1) is 11.3 Å². The highest BCUT2D eigenvalue weighted by Gasteiger charge is 2.36. The van der Waals surface area contributed by atoms with Crippen LogP contribution in [-0.2, 0) is 0 Å². The summed E-state index contributed by atoms with van der Waals surface area (Å²) in [5.74, 6) is 0.0897. The smallest absolute Gasteiger partial charge is 0.404 e. The fourth-order valence-corrected chi connectivity index (χ4v) is 4.58. The van der Waals surface area contributed by atoms with Crippen LogP contribution < -0.4 is 10.6 Å². The van der Waals surface area contributed by atoms with Crippen LogP contribution in [0.2, 0.25) is 0 Å². The van der Waals surface area contributed by atoms with Crippen molar-refractivity contribution in [3.05, 3.63) is 24.3 Å². The molecule has 1 aliphatic carbocycles. The maximum atomic E-state index is 13.0. The third-order valence-electron chi connectivity index (χ3n) is 5.99. The Kier molecular flexibility index (Phi) is 5.08. The molecule has 0 radical (unpaired) electrons. The quantitative estimate of drug-likeness (QED) is 0.519. The lowest BCUT2D eigenvalue weighted by molar-refractivity contribution is 0.0904. The number of rotatable bonds is 4. The van der Waals surface area contributed by atoms with Crippen molar-refractivity contribution in [3.8, 4) is 0 Å². The number of carboxylic acid groups (broad SMARTS) is 1. The summed E-state index contributed by atoms with van der Waals surface area (Å²) in [5.41, 5.74) is 2.17. The van der Waals surface area contributed by atoms with Crippen molar-refractivity contribution < 1.29 is 14.7 Å². The van der Waals surface area contributed by atoms with Gasteiger partial charge in [-0.3, -0.25) is 9.20 Å². The van der Waals surface area contributed by atoms with Gasteiger partial charge >= 0.3 is 6.09 Å². The van der Waals surface area contributed by atoms with Crippen molar-refractivity contribution in [2.45, 2.75) is 58.5 Å². The van der Waals surface area contributed by atoms with Gasteiger partial charge in [-0.25, -0.2) is 9.78 Å². The van der Waals surface area contributed by atoms with Crippen LogP contribution in [0.5, 0.6) is 0 Å². The van der Waals surface area contributed by atoms with Gasteiger partial charge in [0.1, 0.15) is 11.8 Å². The number of fused-ring (bicyclic) bond motifs is 3. The molecule has 10 heteroatoms. The highest BCUT2D eigenvalue weighted by molar-refractivity contribution is 6.05. The Hall–Kier alpha value is -3.17. The molecule has 3 heterocycles. The average Bonchev–Trinajstić information content (AvgIpc) is 3.32. The Morgan fingerprint density at radius 3 is 2.67 bits per heavy atom. The van der Waals surface area contributed by atoms with Crippen LogP contribution in [0.4, 0.5) is 4.79 Å². The second kappa shape index (κ2) is 7.58. The molecule has 0 saturated heterocycles. The first-order chi connectivity index (χ1) is 14.2. The van der Waals surface area contributed by atoms with E-state index in [0.29, 0.717) is 22.4 Å². The minimum absolute atomic E-state index is 0.0530. The van der Waals surface area contributed by atoms with Gasteiger partial charge in [0.05, 0.1) is 11.8 Å².